The normalized spacial score (nSPS) is 18.5. The van der Waals surface area contributed by atoms with Crippen molar-refractivity contribution >= 4 is 17.6 Å². The van der Waals surface area contributed by atoms with Gasteiger partial charge in [0.15, 0.2) is 0 Å². The van der Waals surface area contributed by atoms with Crippen molar-refractivity contribution < 1.29 is 14.4 Å². The molecule has 1 atom stereocenters. The second-order valence-electron chi connectivity index (χ2n) is 8.52. The molecular weight excluding hydrogens is 314 g/mol. The molecular formula is C21H37NO3. The summed E-state index contributed by atoms with van der Waals surface area (Å²) < 4.78 is 0. The number of hydrogen-bond donors (Lipinski definition) is 0. The molecule has 0 aromatic rings. The molecule has 0 aliphatic carbocycles. The van der Waals surface area contributed by atoms with Gasteiger partial charge in [-0.2, -0.15) is 0 Å². The highest BCUT2D eigenvalue weighted by molar-refractivity contribution is 6.03. The van der Waals surface area contributed by atoms with E-state index < -0.39 is 0 Å². The zero-order valence-corrected chi connectivity index (χ0v) is 16.9. The molecule has 0 aromatic heterocycles. The van der Waals surface area contributed by atoms with Gasteiger partial charge in [-0.3, -0.25) is 19.3 Å². The molecule has 2 amide bonds. The molecule has 1 rings (SSSR count). The first-order valence-electron chi connectivity index (χ1n) is 10.1. The molecule has 1 saturated heterocycles. The number of hydrogen-bond acceptors (Lipinski definition) is 3. The first kappa shape index (κ1) is 21.9. The van der Waals surface area contributed by atoms with E-state index in [4.69, 9.17) is 0 Å². The third kappa shape index (κ3) is 6.56. The quantitative estimate of drug-likeness (QED) is 0.376. The van der Waals surface area contributed by atoms with Crippen molar-refractivity contribution in [1.29, 1.82) is 0 Å². The molecule has 1 aliphatic heterocycles. The van der Waals surface area contributed by atoms with E-state index in [0.717, 1.165) is 32.1 Å². The summed E-state index contributed by atoms with van der Waals surface area (Å²) in [5, 5.41) is 0. The van der Waals surface area contributed by atoms with Gasteiger partial charge in [0, 0.05) is 25.3 Å². The summed E-state index contributed by atoms with van der Waals surface area (Å²) in [6.07, 6.45) is 7.96. The minimum Gasteiger partial charge on any atom is -0.299 e. The predicted octanol–water partition coefficient (Wildman–Crippen LogP) is 4.75. The monoisotopic (exact) mass is 351 g/mol. The zero-order chi connectivity index (χ0) is 19.0. The molecule has 25 heavy (non-hydrogen) atoms. The number of carbonyl (C=O) groups is 3. The molecule has 0 aromatic carbocycles. The van der Waals surface area contributed by atoms with Gasteiger partial charge in [0.2, 0.25) is 11.8 Å². The van der Waals surface area contributed by atoms with E-state index in [1.165, 1.54) is 17.7 Å². The summed E-state index contributed by atoms with van der Waals surface area (Å²) in [6, 6.07) is 0. The van der Waals surface area contributed by atoms with Gasteiger partial charge in [0.25, 0.3) is 0 Å². The van der Waals surface area contributed by atoms with Gasteiger partial charge in [0.1, 0.15) is 5.78 Å². The van der Waals surface area contributed by atoms with Crippen molar-refractivity contribution in [3.63, 3.8) is 0 Å². The van der Waals surface area contributed by atoms with Crippen molar-refractivity contribution in [2.24, 2.45) is 17.3 Å². The average Bonchev–Trinajstić information content (AvgIpc) is 2.82. The number of imide groups is 1. The molecule has 0 bridgehead atoms. The molecule has 0 N–H and O–H groups in total. The Morgan fingerprint density at radius 1 is 1.12 bits per heavy atom. The molecule has 4 nitrogen and oxygen atoms in total. The Balaban J connectivity index is 2.43. The molecule has 4 heteroatoms. The Hall–Kier alpha value is -1.19. The Kier molecular flexibility index (Phi) is 8.81. The number of ketones is 1. The van der Waals surface area contributed by atoms with Crippen LogP contribution in [-0.4, -0.2) is 29.0 Å². The number of rotatable bonds is 12. The lowest BCUT2D eigenvalue weighted by molar-refractivity contribution is -0.140. The molecule has 1 aliphatic rings. The van der Waals surface area contributed by atoms with Crippen molar-refractivity contribution in [2.45, 2.75) is 92.4 Å². The van der Waals surface area contributed by atoms with E-state index in [0.29, 0.717) is 25.2 Å². The average molecular weight is 352 g/mol. The number of Topliss-reactive ketones (excluding diaryl/α,β-unsaturated/α-hetero) is 1. The lowest BCUT2D eigenvalue weighted by Gasteiger charge is -2.30. The van der Waals surface area contributed by atoms with Crippen LogP contribution in [0.5, 0.6) is 0 Å². The van der Waals surface area contributed by atoms with Crippen LogP contribution in [-0.2, 0) is 14.4 Å². The van der Waals surface area contributed by atoms with Crippen LogP contribution in [0.15, 0.2) is 0 Å². The van der Waals surface area contributed by atoms with Gasteiger partial charge >= 0.3 is 0 Å². The minimum atomic E-state index is -0.167. The maximum Gasteiger partial charge on any atom is 0.233 e. The van der Waals surface area contributed by atoms with E-state index in [9.17, 15) is 14.4 Å². The Bertz CT molecular complexity index is 468. The van der Waals surface area contributed by atoms with Crippen LogP contribution in [0.3, 0.4) is 0 Å². The lowest BCUT2D eigenvalue weighted by Crippen LogP contribution is -2.35. The summed E-state index contributed by atoms with van der Waals surface area (Å²) in [6.45, 7) is 10.8. The van der Waals surface area contributed by atoms with Crippen LogP contribution in [0.4, 0.5) is 0 Å². The standard InChI is InChI=1S/C21H37NO3/c1-6-7-10-13-21(4,5)17-15-19(24)22(20(17)25)14-11-8-9-12-18(23)16(2)3/h16-17H,6-15H2,1-5H3. The van der Waals surface area contributed by atoms with E-state index in [2.05, 4.69) is 20.8 Å². The van der Waals surface area contributed by atoms with Crippen LogP contribution in [0, 0.1) is 17.3 Å². The Labute approximate surface area is 153 Å². The van der Waals surface area contributed by atoms with Gasteiger partial charge in [0.05, 0.1) is 5.92 Å². The molecule has 0 saturated carbocycles. The molecule has 1 heterocycles. The zero-order valence-electron chi connectivity index (χ0n) is 16.9. The Morgan fingerprint density at radius 3 is 2.40 bits per heavy atom. The fourth-order valence-electron chi connectivity index (χ4n) is 3.57. The summed E-state index contributed by atoms with van der Waals surface area (Å²) in [7, 11) is 0. The van der Waals surface area contributed by atoms with Gasteiger partial charge in [-0.15, -0.1) is 0 Å². The second kappa shape index (κ2) is 10.1. The summed E-state index contributed by atoms with van der Waals surface area (Å²) in [5.41, 5.74) is -0.111. The van der Waals surface area contributed by atoms with Gasteiger partial charge in [-0.25, -0.2) is 0 Å². The Morgan fingerprint density at radius 2 is 1.80 bits per heavy atom. The first-order valence-corrected chi connectivity index (χ1v) is 10.1. The number of carbonyl (C=O) groups excluding carboxylic acids is 3. The predicted molar refractivity (Wildman–Crippen MR) is 101 cm³/mol. The smallest absolute Gasteiger partial charge is 0.233 e. The van der Waals surface area contributed by atoms with E-state index in [1.54, 1.807) is 0 Å². The highest BCUT2D eigenvalue weighted by Crippen LogP contribution is 2.40. The topological polar surface area (TPSA) is 54.5 Å². The molecule has 144 valence electrons. The summed E-state index contributed by atoms with van der Waals surface area (Å²) >= 11 is 0. The number of likely N-dealkylation sites (tertiary alicyclic amines) is 1. The fraction of sp³-hybridized carbons (Fsp3) is 0.857. The molecule has 1 unspecified atom stereocenters. The minimum absolute atomic E-state index is 0.0168. The van der Waals surface area contributed by atoms with Gasteiger partial charge in [-0.1, -0.05) is 60.3 Å². The maximum atomic E-state index is 12.7. The number of amides is 2. The molecule has 0 spiro atoms. The van der Waals surface area contributed by atoms with Crippen LogP contribution in [0.2, 0.25) is 0 Å². The fourth-order valence-corrected chi connectivity index (χ4v) is 3.57. The number of nitrogens with zero attached hydrogens (tertiary/aromatic N) is 1. The third-order valence-corrected chi connectivity index (χ3v) is 5.56. The number of unbranched alkanes of at least 4 members (excludes halogenated alkanes) is 4. The van der Waals surface area contributed by atoms with Crippen LogP contribution >= 0.6 is 0 Å². The van der Waals surface area contributed by atoms with E-state index in [-0.39, 0.29) is 29.1 Å². The SMILES string of the molecule is CCCCCC(C)(C)C1CC(=O)N(CCCCCC(=O)C(C)C)C1=O. The first-order chi connectivity index (χ1) is 11.7. The maximum absolute atomic E-state index is 12.7. The van der Waals surface area contributed by atoms with Crippen molar-refractivity contribution in [2.75, 3.05) is 6.54 Å². The second-order valence-corrected chi connectivity index (χ2v) is 8.52. The molecule has 0 radical (unpaired) electrons. The van der Waals surface area contributed by atoms with Gasteiger partial charge < -0.3 is 0 Å². The van der Waals surface area contributed by atoms with Crippen LogP contribution < -0.4 is 0 Å². The largest absolute Gasteiger partial charge is 0.299 e. The van der Waals surface area contributed by atoms with Crippen LogP contribution in [0.1, 0.15) is 92.4 Å². The van der Waals surface area contributed by atoms with E-state index in [1.807, 2.05) is 13.8 Å². The lowest BCUT2D eigenvalue weighted by atomic mass is 9.74. The third-order valence-electron chi connectivity index (χ3n) is 5.56. The highest BCUT2D eigenvalue weighted by Gasteiger charge is 2.45. The van der Waals surface area contributed by atoms with Crippen molar-refractivity contribution in [3.8, 4) is 0 Å². The summed E-state index contributed by atoms with van der Waals surface area (Å²) in [4.78, 5) is 38.1. The van der Waals surface area contributed by atoms with Gasteiger partial charge in [-0.05, 0) is 24.7 Å². The van der Waals surface area contributed by atoms with Crippen LogP contribution in [0.25, 0.3) is 0 Å². The molecule has 1 fully saturated rings. The van der Waals surface area contributed by atoms with E-state index >= 15 is 0 Å². The van der Waals surface area contributed by atoms with Crippen molar-refractivity contribution in [1.82, 2.24) is 4.90 Å². The summed E-state index contributed by atoms with van der Waals surface area (Å²) in [5.74, 6) is 0.223. The highest BCUT2D eigenvalue weighted by atomic mass is 16.2. The van der Waals surface area contributed by atoms with Crippen molar-refractivity contribution in [3.05, 3.63) is 0 Å².